The lowest BCUT2D eigenvalue weighted by Gasteiger charge is -2.20. The summed E-state index contributed by atoms with van der Waals surface area (Å²) in [6.07, 6.45) is 1.54. The van der Waals surface area contributed by atoms with Gasteiger partial charge in [-0.05, 0) is 25.8 Å². The van der Waals surface area contributed by atoms with Gasteiger partial charge in [-0.15, -0.1) is 11.3 Å². The number of hydrogen-bond acceptors (Lipinski definition) is 8. The summed E-state index contributed by atoms with van der Waals surface area (Å²) in [5.41, 5.74) is 0.274. The second kappa shape index (κ2) is 10.6. The number of aryl methyl sites for hydroxylation is 1. The number of amides is 1. The summed E-state index contributed by atoms with van der Waals surface area (Å²) in [5, 5.41) is 11.4. The van der Waals surface area contributed by atoms with Crippen molar-refractivity contribution in [1.82, 2.24) is 9.55 Å². The number of hydrogen-bond donors (Lipinski definition) is 0. The molecule has 0 N–H and O–H groups in total. The molecule has 33 heavy (non-hydrogen) atoms. The Bertz CT molecular complexity index is 1220. The maximum atomic E-state index is 13.2. The van der Waals surface area contributed by atoms with E-state index >= 15 is 0 Å². The number of aromatic nitrogens is 2. The average Bonchev–Trinajstić information content (AvgIpc) is 3.17. The molecule has 0 aliphatic rings. The fourth-order valence-electron chi connectivity index (χ4n) is 3.08. The molecule has 11 heteroatoms. The van der Waals surface area contributed by atoms with Crippen molar-refractivity contribution in [2.24, 2.45) is 0 Å². The molecule has 0 atom stereocenters. The predicted molar refractivity (Wildman–Crippen MR) is 123 cm³/mol. The molecule has 0 radical (unpaired) electrons. The fourth-order valence-corrected chi connectivity index (χ4v) is 4.02. The number of pyridine rings is 1. The molecule has 0 fully saturated rings. The van der Waals surface area contributed by atoms with Crippen LogP contribution in [0.5, 0.6) is 0 Å². The summed E-state index contributed by atoms with van der Waals surface area (Å²) < 4.78 is 6.02. The average molecular weight is 471 g/mol. The third-order valence-electron chi connectivity index (χ3n) is 4.74. The van der Waals surface area contributed by atoms with E-state index in [1.807, 2.05) is 30.3 Å². The largest absolute Gasteiger partial charge is 0.461 e. The summed E-state index contributed by atoms with van der Waals surface area (Å²) in [4.78, 5) is 54.3. The maximum Gasteiger partial charge on any atom is 0.358 e. The maximum absolute atomic E-state index is 13.2. The molecule has 10 nitrogen and oxygen atoms in total. The molecule has 0 bridgehead atoms. The highest BCUT2D eigenvalue weighted by molar-refractivity contribution is 7.16. The van der Waals surface area contributed by atoms with E-state index in [0.29, 0.717) is 11.3 Å². The van der Waals surface area contributed by atoms with Gasteiger partial charge >= 0.3 is 5.97 Å². The van der Waals surface area contributed by atoms with Gasteiger partial charge in [-0.2, -0.15) is 0 Å². The summed E-state index contributed by atoms with van der Waals surface area (Å²) >= 11 is 1.16. The Morgan fingerprint density at radius 2 is 1.94 bits per heavy atom. The van der Waals surface area contributed by atoms with Gasteiger partial charge in [0.15, 0.2) is 10.8 Å². The number of rotatable bonds is 9. The van der Waals surface area contributed by atoms with Crippen molar-refractivity contribution in [3.8, 4) is 0 Å². The quantitative estimate of drug-likeness (QED) is 0.267. The zero-order valence-electron chi connectivity index (χ0n) is 18.1. The number of carbonyl (C=O) groups is 2. The van der Waals surface area contributed by atoms with Crippen LogP contribution in [0.2, 0.25) is 0 Å². The van der Waals surface area contributed by atoms with E-state index in [9.17, 15) is 24.5 Å². The van der Waals surface area contributed by atoms with Crippen LogP contribution in [0.3, 0.4) is 0 Å². The number of ether oxygens (including phenoxy) is 1. The molecule has 0 unspecified atom stereocenters. The van der Waals surface area contributed by atoms with E-state index in [4.69, 9.17) is 4.74 Å². The second-order valence-electron chi connectivity index (χ2n) is 7.01. The smallest absolute Gasteiger partial charge is 0.358 e. The zero-order valence-corrected chi connectivity index (χ0v) is 18.9. The molecule has 1 amide bonds. The third kappa shape index (κ3) is 5.89. The lowest BCUT2D eigenvalue weighted by Crippen LogP contribution is -2.37. The lowest BCUT2D eigenvalue weighted by atomic mass is 10.1. The van der Waals surface area contributed by atoms with Crippen molar-refractivity contribution in [1.29, 1.82) is 0 Å². The number of nitro groups is 1. The van der Waals surface area contributed by atoms with E-state index in [0.717, 1.165) is 39.8 Å². The highest BCUT2D eigenvalue weighted by Crippen LogP contribution is 2.27. The monoisotopic (exact) mass is 470 g/mol. The van der Waals surface area contributed by atoms with E-state index in [2.05, 4.69) is 4.98 Å². The highest BCUT2D eigenvalue weighted by Gasteiger charge is 2.24. The second-order valence-corrected chi connectivity index (χ2v) is 8.19. The molecule has 1 aromatic carbocycles. The molecule has 3 rings (SSSR count). The first kappa shape index (κ1) is 23.8. The standard InChI is InChI=1S/C22H22N4O6S/c1-3-32-21(29)20-15(2)33-22(23-20)25(12-11-16-7-5-4-6-8-16)19(28)14-24-13-17(26(30)31)9-10-18(24)27/h4-10,13H,3,11-12,14H2,1-2H3. The molecule has 0 aliphatic carbocycles. The molecule has 0 spiro atoms. The van der Waals surface area contributed by atoms with Crippen molar-refractivity contribution in [3.05, 3.63) is 85.3 Å². The van der Waals surface area contributed by atoms with Crippen LogP contribution in [0, 0.1) is 17.0 Å². The zero-order chi connectivity index (χ0) is 24.0. The lowest BCUT2D eigenvalue weighted by molar-refractivity contribution is -0.385. The topological polar surface area (TPSA) is 125 Å². The van der Waals surface area contributed by atoms with E-state index in [1.54, 1.807) is 13.8 Å². The first-order valence-electron chi connectivity index (χ1n) is 10.1. The number of carbonyl (C=O) groups excluding carboxylic acids is 2. The van der Waals surface area contributed by atoms with E-state index < -0.39 is 28.9 Å². The number of anilines is 1. The Hall–Kier alpha value is -3.86. The van der Waals surface area contributed by atoms with Gasteiger partial charge in [0, 0.05) is 23.6 Å². The van der Waals surface area contributed by atoms with Crippen molar-refractivity contribution < 1.29 is 19.2 Å². The number of thiazole rings is 1. The first-order valence-corrected chi connectivity index (χ1v) is 11.0. The van der Waals surface area contributed by atoms with E-state index in [-0.39, 0.29) is 29.7 Å². The number of nitrogens with zero attached hydrogens (tertiary/aromatic N) is 4. The molecule has 2 aromatic heterocycles. The van der Waals surface area contributed by atoms with Gasteiger partial charge in [-0.3, -0.25) is 29.2 Å². The normalized spacial score (nSPS) is 10.6. The predicted octanol–water partition coefficient (Wildman–Crippen LogP) is 2.97. The summed E-state index contributed by atoms with van der Waals surface area (Å²) in [6, 6.07) is 11.6. The number of esters is 1. The summed E-state index contributed by atoms with van der Waals surface area (Å²) in [6.45, 7) is 3.41. The van der Waals surface area contributed by atoms with Gasteiger partial charge < -0.3 is 4.74 Å². The minimum absolute atomic E-state index is 0.127. The molecule has 0 aliphatic heterocycles. The fraction of sp³-hybridized carbons (Fsp3) is 0.273. The summed E-state index contributed by atoms with van der Waals surface area (Å²) in [5.74, 6) is -1.07. The van der Waals surface area contributed by atoms with Crippen molar-refractivity contribution in [2.45, 2.75) is 26.8 Å². The summed E-state index contributed by atoms with van der Waals surface area (Å²) in [7, 11) is 0. The molecule has 0 saturated heterocycles. The Labute approximate surface area is 193 Å². The van der Waals surface area contributed by atoms with Crippen LogP contribution < -0.4 is 10.5 Å². The van der Waals surface area contributed by atoms with Crippen molar-refractivity contribution in [2.75, 3.05) is 18.1 Å². The third-order valence-corrected chi connectivity index (χ3v) is 5.73. The van der Waals surface area contributed by atoms with Crippen LogP contribution >= 0.6 is 11.3 Å². The molecule has 172 valence electrons. The van der Waals surface area contributed by atoms with Crippen LogP contribution in [-0.4, -0.2) is 39.5 Å². The Morgan fingerprint density at radius 1 is 1.21 bits per heavy atom. The van der Waals surface area contributed by atoms with Crippen molar-refractivity contribution in [3.63, 3.8) is 0 Å². The minimum Gasteiger partial charge on any atom is -0.461 e. The van der Waals surface area contributed by atoms with Crippen LogP contribution in [0.15, 0.2) is 53.5 Å². The van der Waals surface area contributed by atoms with E-state index in [1.165, 1.54) is 4.90 Å². The Balaban J connectivity index is 1.92. The Kier molecular flexibility index (Phi) is 7.67. The van der Waals surface area contributed by atoms with Gasteiger partial charge in [0.2, 0.25) is 5.91 Å². The van der Waals surface area contributed by atoms with Crippen LogP contribution in [0.1, 0.15) is 27.9 Å². The van der Waals surface area contributed by atoms with Crippen molar-refractivity contribution >= 4 is 34.0 Å². The molecular weight excluding hydrogens is 448 g/mol. The van der Waals surface area contributed by atoms with Gasteiger partial charge in [0.1, 0.15) is 6.54 Å². The highest BCUT2D eigenvalue weighted by atomic mass is 32.1. The molecular formula is C22H22N4O6S. The molecule has 2 heterocycles. The Morgan fingerprint density at radius 3 is 2.61 bits per heavy atom. The van der Waals surface area contributed by atoms with Gasteiger partial charge in [0.05, 0.1) is 17.7 Å². The van der Waals surface area contributed by atoms with Crippen LogP contribution in [0.25, 0.3) is 0 Å². The SMILES string of the molecule is CCOC(=O)c1nc(N(CCc2ccccc2)C(=O)Cn2cc([N+](=O)[O-])ccc2=O)sc1C. The minimum atomic E-state index is -0.636. The number of benzene rings is 1. The van der Waals surface area contributed by atoms with Gasteiger partial charge in [0.25, 0.3) is 11.2 Å². The van der Waals surface area contributed by atoms with Gasteiger partial charge in [-0.1, -0.05) is 30.3 Å². The molecule has 0 saturated carbocycles. The van der Waals surface area contributed by atoms with Crippen LogP contribution in [0.4, 0.5) is 10.8 Å². The van der Waals surface area contributed by atoms with Gasteiger partial charge in [-0.25, -0.2) is 9.78 Å². The molecule has 3 aromatic rings. The first-order chi connectivity index (χ1) is 15.8. The van der Waals surface area contributed by atoms with Crippen LogP contribution in [-0.2, 0) is 22.5 Å².